The highest BCUT2D eigenvalue weighted by atomic mass is 35.5. The Hall–Kier alpha value is -5.62. The van der Waals surface area contributed by atoms with E-state index in [1.807, 2.05) is 12.1 Å². The fourth-order valence-electron chi connectivity index (χ4n) is 13.7. The van der Waals surface area contributed by atoms with Crippen molar-refractivity contribution < 1.29 is 46.1 Å². The van der Waals surface area contributed by atoms with Gasteiger partial charge in [-0.3, -0.25) is 9.59 Å². The highest BCUT2D eigenvalue weighted by Crippen LogP contribution is 2.49. The van der Waals surface area contributed by atoms with Gasteiger partial charge < -0.3 is 29.5 Å². The third-order valence-corrected chi connectivity index (χ3v) is 21.9. The van der Waals surface area contributed by atoms with Crippen molar-refractivity contribution in [3.05, 3.63) is 167 Å². The molecule has 0 bridgehead atoms. The Kier molecular flexibility index (Phi) is 21.2. The van der Waals surface area contributed by atoms with Crippen LogP contribution < -0.4 is 28.7 Å². The summed E-state index contributed by atoms with van der Waals surface area (Å²) in [6.45, 7) is 22.1. The fourth-order valence-corrected chi connectivity index (χ4v) is 16.7. The van der Waals surface area contributed by atoms with Crippen LogP contribution in [0, 0.1) is 35.5 Å². The van der Waals surface area contributed by atoms with E-state index in [0.717, 1.165) is 85.6 Å². The number of hydrogen-bond acceptors (Lipinski definition) is 12. The molecule has 10 atom stereocenters. The summed E-state index contributed by atoms with van der Waals surface area (Å²) in [5, 5.41) is 23.0. The topological polar surface area (TPSA) is 192 Å². The number of allylic oxidation sites excluding steroid dienone is 2. The first kappa shape index (κ1) is 65.4. The van der Waals surface area contributed by atoms with E-state index in [1.165, 1.54) is 22.3 Å². The molecule has 0 saturated heterocycles. The Labute approximate surface area is 514 Å². The van der Waals surface area contributed by atoms with Gasteiger partial charge in [0.15, 0.2) is 0 Å². The zero-order valence-corrected chi connectivity index (χ0v) is 51.6. The first-order chi connectivity index (χ1) is 40.1. The van der Waals surface area contributed by atoms with Gasteiger partial charge in [0, 0.05) is 58.2 Å². The van der Waals surface area contributed by atoms with E-state index in [-0.39, 0.29) is 76.4 Å². The highest BCUT2D eigenvalue weighted by molar-refractivity contribution is 7.90. The quantitative estimate of drug-likeness (QED) is 0.0613. The van der Waals surface area contributed by atoms with Gasteiger partial charge in [-0.1, -0.05) is 80.9 Å². The average molecular weight is 1240 g/mol. The molecule has 85 heavy (non-hydrogen) atoms. The van der Waals surface area contributed by atoms with Gasteiger partial charge in [-0.25, -0.2) is 26.3 Å². The van der Waals surface area contributed by atoms with Crippen molar-refractivity contribution in [2.24, 2.45) is 35.5 Å². The predicted molar refractivity (Wildman–Crippen MR) is 342 cm³/mol. The van der Waals surface area contributed by atoms with Crippen molar-refractivity contribution in [1.82, 2.24) is 9.44 Å². The highest BCUT2D eigenvalue weighted by Gasteiger charge is 2.46. The van der Waals surface area contributed by atoms with Crippen LogP contribution in [0.2, 0.25) is 10.0 Å². The molecule has 2 aliphatic heterocycles. The van der Waals surface area contributed by atoms with Crippen LogP contribution in [0.3, 0.4) is 0 Å². The van der Waals surface area contributed by atoms with Crippen molar-refractivity contribution in [2.45, 2.75) is 121 Å². The zero-order valence-electron chi connectivity index (χ0n) is 48.5. The molecule has 4 aromatic carbocycles. The van der Waals surface area contributed by atoms with Crippen molar-refractivity contribution in [3.8, 4) is 11.5 Å². The molecule has 6 aliphatic rings. The van der Waals surface area contributed by atoms with Crippen molar-refractivity contribution in [3.63, 3.8) is 0 Å². The van der Waals surface area contributed by atoms with Gasteiger partial charge in [0.05, 0.1) is 48.3 Å². The van der Waals surface area contributed by atoms with Crippen LogP contribution in [0.15, 0.2) is 123 Å². The van der Waals surface area contributed by atoms with Crippen LogP contribution in [0.25, 0.3) is 0 Å². The summed E-state index contributed by atoms with van der Waals surface area (Å²) < 4.78 is 68.0. The molecular formula is C67H86Cl2N4O10S2. The van der Waals surface area contributed by atoms with Crippen LogP contribution in [-0.2, 0) is 43.7 Å². The van der Waals surface area contributed by atoms with E-state index in [0.29, 0.717) is 63.7 Å². The van der Waals surface area contributed by atoms with Crippen LogP contribution in [0.4, 0.5) is 11.4 Å². The van der Waals surface area contributed by atoms with E-state index in [1.54, 1.807) is 74.5 Å². The lowest BCUT2D eigenvalue weighted by Crippen LogP contribution is -2.49. The zero-order chi connectivity index (χ0) is 60.1. The summed E-state index contributed by atoms with van der Waals surface area (Å²) in [7, 11) is -7.68. The predicted octanol–water partition coefficient (Wildman–Crippen LogP) is 12.0. The Balaban J connectivity index is 0.000000219. The van der Waals surface area contributed by atoms with Gasteiger partial charge in [-0.05, 0) is 195 Å². The second kappa shape index (κ2) is 27.6. The smallest absolute Gasteiger partial charge is 0.264 e. The van der Waals surface area contributed by atoms with Gasteiger partial charge in [-0.15, -0.1) is 26.3 Å². The fraction of sp³-hybridized carbons (Fsp3) is 0.493. The van der Waals surface area contributed by atoms with Gasteiger partial charge in [0.2, 0.25) is 20.0 Å². The molecule has 4 aliphatic carbocycles. The summed E-state index contributed by atoms with van der Waals surface area (Å²) in [6, 6.07) is 22.5. The number of rotatable bonds is 20. The van der Waals surface area contributed by atoms with E-state index >= 15 is 0 Å². The maximum atomic E-state index is 13.2. The number of aliphatic hydroxyl groups excluding tert-OH is 2. The lowest BCUT2D eigenvalue weighted by atomic mass is 9.68. The number of carbonyl (C=O) groups excluding carboxylic acids is 2. The van der Waals surface area contributed by atoms with Crippen LogP contribution in [0.1, 0.15) is 128 Å². The van der Waals surface area contributed by atoms with Crippen LogP contribution in [-0.4, -0.2) is 102 Å². The number of carbonyl (C=O) groups is 2. The van der Waals surface area contributed by atoms with Crippen molar-refractivity contribution >= 4 is 66.4 Å². The number of fused-ring (bicyclic) bond motifs is 6. The average Bonchev–Trinajstić information content (AvgIpc) is 2.34. The number of aliphatic hydroxyl groups is 2. The molecule has 2 amide bonds. The first-order valence-corrected chi connectivity index (χ1v) is 33.7. The maximum absolute atomic E-state index is 13.2. The molecular weight excluding hydrogens is 1160 g/mol. The van der Waals surface area contributed by atoms with Gasteiger partial charge in [0.25, 0.3) is 11.8 Å². The van der Waals surface area contributed by atoms with Crippen LogP contribution in [0.5, 0.6) is 11.5 Å². The number of ether oxygens (including phenoxy) is 2. The molecule has 4 aromatic rings. The monoisotopic (exact) mass is 1240 g/mol. The van der Waals surface area contributed by atoms with Gasteiger partial charge >= 0.3 is 0 Å². The summed E-state index contributed by atoms with van der Waals surface area (Å²) in [6.07, 6.45) is 16.7. The van der Waals surface area contributed by atoms with Crippen molar-refractivity contribution in [1.29, 1.82) is 0 Å². The number of anilines is 2. The van der Waals surface area contributed by atoms with E-state index < -0.39 is 44.1 Å². The first-order valence-electron chi connectivity index (χ1n) is 29.6. The molecule has 0 unspecified atom stereocenters. The molecule has 0 aromatic heterocycles. The molecule has 4 N–H and O–H groups in total. The summed E-state index contributed by atoms with van der Waals surface area (Å²) in [5.41, 5.74) is 6.45. The number of hydrogen-bond donors (Lipinski definition) is 4. The van der Waals surface area contributed by atoms with E-state index in [9.17, 15) is 36.6 Å². The lowest BCUT2D eigenvalue weighted by Gasteiger charge is -2.45. The Morgan fingerprint density at radius 1 is 0.635 bits per heavy atom. The molecule has 0 radical (unpaired) electrons. The SMILES string of the molecule is C.C=CC[C@H](O)[C@@H]1CC[C@H]1CN1C[C@@]2(CCCc3cc(Cl)ccc32)COc2ccc(C(=O)NS(=O)(=O)C[C@@H](C)C=C)cc21.C=CC[C@H](O)[C@@H]1CC[C@H]1CN1C[C@@]2(CCCc3cc(Cl)ccc32)COc2ccc(C(=O)NS(=O)(=O)C[C@H](C)C=C)cc21. The largest absolute Gasteiger partial charge is 0.490 e. The van der Waals surface area contributed by atoms with Crippen molar-refractivity contribution in [2.75, 3.05) is 60.7 Å². The number of halogens is 2. The molecule has 10 rings (SSSR count). The molecule has 460 valence electrons. The minimum atomic E-state index is -3.84. The summed E-state index contributed by atoms with van der Waals surface area (Å²) >= 11 is 12.8. The molecule has 2 saturated carbocycles. The van der Waals surface area contributed by atoms with Gasteiger partial charge in [-0.2, -0.15) is 0 Å². The second-order valence-corrected chi connectivity index (χ2v) is 29.0. The Morgan fingerprint density at radius 2 is 1.04 bits per heavy atom. The molecule has 2 heterocycles. The third-order valence-electron chi connectivity index (χ3n) is 18.5. The normalized spacial score (nSPS) is 24.4. The number of sulfonamides is 2. The standard InChI is InChI=1S/2C33H41ClN2O5S.CH4/c2*1-4-7-30(37)27-12-9-25(27)18-36-20-33(15-6-8-23-16-26(34)11-13-28(23)33)21-41-31-14-10-24(17-29(31)36)32(38)35-42(39,40)19-22(3)5-2;/h2*4-5,10-11,13-14,16-17,22,25,27,30,37H,1-2,6-9,12,15,18-21H2,3H3,(H,35,38);1H4/t22-,25+,27-,30+,33+;22-,25-,27+,30-,33-;/m10./s1. The molecule has 2 spiro atoms. The summed E-state index contributed by atoms with van der Waals surface area (Å²) in [4.78, 5) is 30.9. The second-order valence-electron chi connectivity index (χ2n) is 24.6. The molecule has 14 nitrogen and oxygen atoms in total. The van der Waals surface area contributed by atoms with Gasteiger partial charge in [0.1, 0.15) is 11.5 Å². The van der Waals surface area contributed by atoms with E-state index in [4.69, 9.17) is 32.7 Å². The van der Waals surface area contributed by atoms with E-state index in [2.05, 4.69) is 69.8 Å². The molecule has 18 heteroatoms. The number of aryl methyl sites for hydroxylation is 2. The third kappa shape index (κ3) is 15.0. The Morgan fingerprint density at radius 3 is 1.39 bits per heavy atom. The van der Waals surface area contributed by atoms with Crippen LogP contribution >= 0.6 is 23.2 Å². The minimum Gasteiger partial charge on any atom is -0.490 e. The number of nitrogens with one attached hydrogen (secondary N) is 2. The Bertz CT molecular complexity index is 3140. The summed E-state index contributed by atoms with van der Waals surface area (Å²) in [5.74, 6) is -0.143. The molecule has 2 fully saturated rings. The minimum absolute atomic E-state index is 0. The maximum Gasteiger partial charge on any atom is 0.264 e. The number of benzene rings is 4. The lowest BCUT2D eigenvalue weighted by molar-refractivity contribution is 0.0176. The number of nitrogens with zero attached hydrogens (tertiary/aromatic N) is 2. The number of amides is 2.